The molecular weight excluding hydrogens is 422 g/mol. The predicted octanol–water partition coefficient (Wildman–Crippen LogP) is 1.96. The Balaban J connectivity index is 1.24. The van der Waals surface area contributed by atoms with Crippen molar-refractivity contribution in [3.8, 4) is 11.5 Å². The van der Waals surface area contributed by atoms with Crippen LogP contribution >= 0.6 is 0 Å². The second-order valence-corrected chi connectivity index (χ2v) is 8.63. The van der Waals surface area contributed by atoms with Gasteiger partial charge in [0.15, 0.2) is 11.5 Å². The molecule has 3 aromatic rings. The molecule has 33 heavy (non-hydrogen) atoms. The quantitative estimate of drug-likeness (QED) is 0.606. The molecule has 2 aliphatic heterocycles. The van der Waals surface area contributed by atoms with Crippen LogP contribution in [-0.2, 0) is 13.6 Å². The third kappa shape index (κ3) is 4.00. The number of benzene rings is 2. The molecule has 0 unspecified atom stereocenters. The average molecular weight is 450 g/mol. The van der Waals surface area contributed by atoms with Crippen LogP contribution in [0.5, 0.6) is 11.5 Å². The molecule has 1 fully saturated rings. The number of ether oxygens (including phenoxy) is 2. The fourth-order valence-corrected chi connectivity index (χ4v) is 4.30. The van der Waals surface area contributed by atoms with Gasteiger partial charge in [-0.05, 0) is 36.4 Å². The summed E-state index contributed by atoms with van der Waals surface area (Å²) in [4.78, 5) is 35.7. The average Bonchev–Trinajstić information content (AvgIpc) is 3.42. The van der Waals surface area contributed by atoms with E-state index >= 15 is 0 Å². The number of piperazine rings is 1. The maximum atomic E-state index is 12.9. The van der Waals surface area contributed by atoms with Gasteiger partial charge in [0.2, 0.25) is 6.79 Å². The molecule has 2 aliphatic rings. The van der Waals surface area contributed by atoms with Crippen LogP contribution in [0, 0.1) is 0 Å². The molecule has 0 N–H and O–H groups in total. The lowest BCUT2D eigenvalue weighted by Crippen LogP contribution is -2.48. The number of amides is 2. The van der Waals surface area contributed by atoms with E-state index in [9.17, 15) is 9.59 Å². The summed E-state index contributed by atoms with van der Waals surface area (Å²) in [5, 5.41) is 0. The molecule has 172 valence electrons. The first-order valence-electron chi connectivity index (χ1n) is 11.0. The summed E-state index contributed by atoms with van der Waals surface area (Å²) in [6, 6.07) is 11.0. The van der Waals surface area contributed by atoms with Crippen LogP contribution in [0.2, 0.25) is 0 Å². The zero-order chi connectivity index (χ0) is 23.1. The Hall–Kier alpha value is -3.59. The van der Waals surface area contributed by atoms with Gasteiger partial charge in [-0.2, -0.15) is 0 Å². The second-order valence-electron chi connectivity index (χ2n) is 8.63. The van der Waals surface area contributed by atoms with Crippen LogP contribution in [0.25, 0.3) is 11.0 Å². The highest BCUT2D eigenvalue weighted by molar-refractivity contribution is 5.97. The first kappa shape index (κ1) is 21.3. The van der Waals surface area contributed by atoms with Crippen molar-refractivity contribution in [2.45, 2.75) is 6.54 Å². The number of carbonyl (C=O) groups excluding carboxylic acids is 2. The van der Waals surface area contributed by atoms with Crippen molar-refractivity contribution in [1.29, 1.82) is 0 Å². The molecule has 1 aromatic heterocycles. The predicted molar refractivity (Wildman–Crippen MR) is 122 cm³/mol. The van der Waals surface area contributed by atoms with Gasteiger partial charge in [0.05, 0.1) is 17.6 Å². The molecule has 1 saturated heterocycles. The van der Waals surface area contributed by atoms with Gasteiger partial charge >= 0.3 is 0 Å². The third-order valence-electron chi connectivity index (χ3n) is 6.27. The van der Waals surface area contributed by atoms with Gasteiger partial charge in [-0.25, -0.2) is 4.98 Å². The van der Waals surface area contributed by atoms with Crippen molar-refractivity contribution in [2.75, 3.05) is 47.1 Å². The zero-order valence-electron chi connectivity index (χ0n) is 19.1. The number of rotatable bonds is 4. The Morgan fingerprint density at radius 1 is 0.970 bits per heavy atom. The summed E-state index contributed by atoms with van der Waals surface area (Å²) in [5.74, 6) is 2.21. The number of fused-ring (bicyclic) bond motifs is 2. The van der Waals surface area contributed by atoms with E-state index in [-0.39, 0.29) is 18.6 Å². The van der Waals surface area contributed by atoms with Crippen LogP contribution in [0.1, 0.15) is 26.5 Å². The topological polar surface area (TPSA) is 80.1 Å². The van der Waals surface area contributed by atoms with Crippen molar-refractivity contribution < 1.29 is 19.1 Å². The molecule has 0 saturated carbocycles. The van der Waals surface area contributed by atoms with Crippen molar-refractivity contribution in [3.63, 3.8) is 0 Å². The Morgan fingerprint density at radius 2 is 1.70 bits per heavy atom. The van der Waals surface area contributed by atoms with Gasteiger partial charge in [0.25, 0.3) is 11.8 Å². The Bertz CT molecular complexity index is 1230. The maximum absolute atomic E-state index is 12.9. The number of hydrogen-bond donors (Lipinski definition) is 0. The number of carbonyl (C=O) groups is 2. The number of aromatic nitrogens is 2. The lowest BCUT2D eigenvalue weighted by Gasteiger charge is -2.34. The summed E-state index contributed by atoms with van der Waals surface area (Å²) >= 11 is 0. The third-order valence-corrected chi connectivity index (χ3v) is 6.27. The highest BCUT2D eigenvalue weighted by atomic mass is 16.7. The van der Waals surface area contributed by atoms with Crippen LogP contribution in [0.15, 0.2) is 36.4 Å². The fourth-order valence-electron chi connectivity index (χ4n) is 4.30. The largest absolute Gasteiger partial charge is 0.454 e. The van der Waals surface area contributed by atoms with Crippen LogP contribution < -0.4 is 9.47 Å². The number of nitrogens with zero attached hydrogens (tertiary/aromatic N) is 5. The van der Waals surface area contributed by atoms with E-state index in [4.69, 9.17) is 14.5 Å². The van der Waals surface area contributed by atoms with E-state index in [1.165, 1.54) is 0 Å². The Kier molecular flexibility index (Phi) is 5.41. The smallest absolute Gasteiger partial charge is 0.254 e. The molecule has 0 spiro atoms. The summed E-state index contributed by atoms with van der Waals surface area (Å²) in [6.45, 7) is 3.72. The fraction of sp³-hybridized carbons (Fsp3) is 0.375. The lowest BCUT2D eigenvalue weighted by molar-refractivity contribution is 0.0624. The minimum Gasteiger partial charge on any atom is -0.454 e. The highest BCUT2D eigenvalue weighted by Gasteiger charge is 2.25. The molecular formula is C24H27N5O4. The van der Waals surface area contributed by atoms with Crippen molar-refractivity contribution in [2.24, 2.45) is 7.05 Å². The van der Waals surface area contributed by atoms with Crippen LogP contribution in [0.3, 0.4) is 0 Å². The molecule has 3 heterocycles. The minimum atomic E-state index is -0.0349. The molecule has 0 bridgehead atoms. The monoisotopic (exact) mass is 449 g/mol. The summed E-state index contributed by atoms with van der Waals surface area (Å²) in [7, 11) is 5.48. The van der Waals surface area contributed by atoms with Crippen molar-refractivity contribution >= 4 is 22.8 Å². The molecule has 0 aliphatic carbocycles. The molecule has 0 radical (unpaired) electrons. The number of aryl methyl sites for hydroxylation is 1. The number of hydrogen-bond acceptors (Lipinski definition) is 6. The SMILES string of the molecule is CN(C)C(=O)c1ccc2c(c1)nc(CN1CCN(C(=O)c3ccc4c(c3)OCO4)CC1)n2C. The van der Waals surface area contributed by atoms with Crippen molar-refractivity contribution in [3.05, 3.63) is 53.3 Å². The Labute approximate surface area is 192 Å². The normalized spacial score (nSPS) is 15.8. The molecule has 0 atom stereocenters. The molecule has 9 nitrogen and oxygen atoms in total. The summed E-state index contributed by atoms with van der Waals surface area (Å²) in [6.07, 6.45) is 0. The standard InChI is InChI=1S/C24H27N5O4/c1-26(2)23(30)16-4-6-19-18(12-16)25-22(27(19)3)14-28-8-10-29(11-9-28)24(31)17-5-7-20-21(13-17)33-15-32-20/h4-7,12-13H,8-11,14-15H2,1-3H3. The van der Waals surface area contributed by atoms with Gasteiger partial charge in [-0.15, -0.1) is 0 Å². The molecule has 2 aromatic carbocycles. The molecule has 9 heteroatoms. The summed E-state index contributed by atoms with van der Waals surface area (Å²) in [5.41, 5.74) is 3.06. The van der Waals surface area contributed by atoms with Gasteiger partial charge in [-0.1, -0.05) is 0 Å². The van der Waals surface area contributed by atoms with E-state index in [0.29, 0.717) is 42.3 Å². The van der Waals surface area contributed by atoms with E-state index in [2.05, 4.69) is 9.47 Å². The van der Waals surface area contributed by atoms with Crippen LogP contribution in [-0.4, -0.2) is 83.1 Å². The highest BCUT2D eigenvalue weighted by Crippen LogP contribution is 2.33. The van der Waals surface area contributed by atoms with E-state index < -0.39 is 0 Å². The van der Waals surface area contributed by atoms with Gasteiger partial charge < -0.3 is 23.8 Å². The number of imidazole rings is 1. The first-order chi connectivity index (χ1) is 15.9. The second kappa shape index (κ2) is 8.40. The van der Waals surface area contributed by atoms with Gasteiger partial charge in [0.1, 0.15) is 5.82 Å². The van der Waals surface area contributed by atoms with Crippen LogP contribution in [0.4, 0.5) is 0 Å². The minimum absolute atomic E-state index is 0.00812. The van der Waals surface area contributed by atoms with Gasteiger partial charge in [-0.3, -0.25) is 14.5 Å². The maximum Gasteiger partial charge on any atom is 0.254 e. The van der Waals surface area contributed by atoms with Crippen molar-refractivity contribution in [1.82, 2.24) is 24.3 Å². The molecule has 5 rings (SSSR count). The zero-order valence-corrected chi connectivity index (χ0v) is 19.1. The van der Waals surface area contributed by atoms with Gasteiger partial charge in [0, 0.05) is 58.4 Å². The van der Waals surface area contributed by atoms with E-state index in [0.717, 1.165) is 29.9 Å². The van der Waals surface area contributed by atoms with E-state index in [1.807, 2.05) is 30.1 Å². The van der Waals surface area contributed by atoms with E-state index in [1.54, 1.807) is 37.2 Å². The first-order valence-corrected chi connectivity index (χ1v) is 11.0. The Morgan fingerprint density at radius 3 is 2.45 bits per heavy atom. The summed E-state index contributed by atoms with van der Waals surface area (Å²) < 4.78 is 12.8. The lowest BCUT2D eigenvalue weighted by atomic mass is 10.1. The molecule has 2 amide bonds.